The van der Waals surface area contributed by atoms with Crippen LogP contribution in [0.15, 0.2) is 45.8 Å². The van der Waals surface area contributed by atoms with Crippen LogP contribution in [0.3, 0.4) is 0 Å². The second-order valence-electron chi connectivity index (χ2n) is 3.50. The van der Waals surface area contributed by atoms with Crippen LogP contribution in [-0.4, -0.2) is 17.4 Å². The number of halogens is 1. The number of carbonyl (C=O) groups is 1. The average Bonchev–Trinajstić information content (AvgIpc) is 2.82. The summed E-state index contributed by atoms with van der Waals surface area (Å²) in [6.07, 6.45) is 3.62. The number of hydrogen-bond donors (Lipinski definition) is 1. The van der Waals surface area contributed by atoms with Gasteiger partial charge in [-0.3, -0.25) is 4.79 Å². The van der Waals surface area contributed by atoms with Gasteiger partial charge in [0.05, 0.1) is 5.69 Å². The first-order valence-electron chi connectivity index (χ1n) is 5.16. The van der Waals surface area contributed by atoms with E-state index in [1.54, 1.807) is 18.4 Å². The zero-order valence-electron chi connectivity index (χ0n) is 9.02. The van der Waals surface area contributed by atoms with Gasteiger partial charge in [-0.25, -0.2) is 4.98 Å². The number of nitrogens with one attached hydrogen (secondary N) is 1. The van der Waals surface area contributed by atoms with Crippen LogP contribution >= 0.6 is 15.9 Å². The van der Waals surface area contributed by atoms with Crippen molar-refractivity contribution in [3.05, 3.63) is 52.7 Å². The number of aromatic nitrogens is 1. The summed E-state index contributed by atoms with van der Waals surface area (Å²) < 4.78 is 5.73. The van der Waals surface area contributed by atoms with Gasteiger partial charge in [0, 0.05) is 23.0 Å². The first-order chi connectivity index (χ1) is 8.25. The molecular formula is C12H11BrN2O2. The minimum Gasteiger partial charge on any atom is -0.451 e. The lowest BCUT2D eigenvalue weighted by Gasteiger charge is -2.04. The van der Waals surface area contributed by atoms with Crippen LogP contribution in [0.5, 0.6) is 0 Å². The Balaban J connectivity index is 1.85. The zero-order chi connectivity index (χ0) is 12.1. The molecule has 88 valence electrons. The molecule has 1 aromatic heterocycles. The van der Waals surface area contributed by atoms with Crippen molar-refractivity contribution in [3.8, 4) is 0 Å². The van der Waals surface area contributed by atoms with Gasteiger partial charge >= 0.3 is 0 Å². The highest BCUT2D eigenvalue weighted by atomic mass is 79.9. The first kappa shape index (κ1) is 11.9. The summed E-state index contributed by atoms with van der Waals surface area (Å²) in [5.41, 5.74) is 1.47. The molecule has 0 fully saturated rings. The molecule has 0 bridgehead atoms. The van der Waals surface area contributed by atoms with E-state index in [9.17, 15) is 4.79 Å². The van der Waals surface area contributed by atoms with E-state index < -0.39 is 0 Å². The molecule has 0 aliphatic heterocycles. The SMILES string of the molecule is O=C(NCCc1cocn1)c1cccc(Br)c1. The van der Waals surface area contributed by atoms with Gasteiger partial charge in [-0.15, -0.1) is 0 Å². The Kier molecular flexibility index (Phi) is 3.93. The Hall–Kier alpha value is -1.62. The van der Waals surface area contributed by atoms with E-state index in [1.807, 2.05) is 12.1 Å². The molecule has 0 saturated carbocycles. The lowest BCUT2D eigenvalue weighted by molar-refractivity contribution is 0.0954. The van der Waals surface area contributed by atoms with Crippen LogP contribution in [0, 0.1) is 0 Å². The predicted octanol–water partition coefficient (Wildman–Crippen LogP) is 2.41. The van der Waals surface area contributed by atoms with Gasteiger partial charge in [-0.05, 0) is 18.2 Å². The highest BCUT2D eigenvalue weighted by molar-refractivity contribution is 9.10. The number of carbonyl (C=O) groups excluding carboxylic acids is 1. The molecule has 0 unspecified atom stereocenters. The molecule has 0 aliphatic rings. The van der Waals surface area contributed by atoms with Gasteiger partial charge in [0.1, 0.15) is 6.26 Å². The number of rotatable bonds is 4. The van der Waals surface area contributed by atoms with Crippen molar-refractivity contribution >= 4 is 21.8 Å². The quantitative estimate of drug-likeness (QED) is 0.942. The van der Waals surface area contributed by atoms with Crippen LogP contribution < -0.4 is 5.32 Å². The summed E-state index contributed by atoms with van der Waals surface area (Å²) in [5.74, 6) is -0.0882. The van der Waals surface area contributed by atoms with Crippen molar-refractivity contribution in [2.45, 2.75) is 6.42 Å². The number of oxazole rings is 1. The van der Waals surface area contributed by atoms with Gasteiger partial charge in [0.2, 0.25) is 0 Å². The summed E-state index contributed by atoms with van der Waals surface area (Å²) in [5, 5.41) is 2.82. The molecule has 0 spiro atoms. The van der Waals surface area contributed by atoms with Gasteiger partial charge in [0.15, 0.2) is 6.39 Å². The topological polar surface area (TPSA) is 55.1 Å². The van der Waals surface area contributed by atoms with Crippen molar-refractivity contribution in [2.24, 2.45) is 0 Å². The number of nitrogens with zero attached hydrogens (tertiary/aromatic N) is 1. The third-order valence-corrected chi connectivity index (χ3v) is 2.73. The fourth-order valence-electron chi connectivity index (χ4n) is 1.40. The summed E-state index contributed by atoms with van der Waals surface area (Å²) in [4.78, 5) is 15.7. The zero-order valence-corrected chi connectivity index (χ0v) is 10.6. The van der Waals surface area contributed by atoms with Gasteiger partial charge in [0.25, 0.3) is 5.91 Å². The van der Waals surface area contributed by atoms with Gasteiger partial charge in [-0.2, -0.15) is 0 Å². The molecule has 17 heavy (non-hydrogen) atoms. The number of hydrogen-bond acceptors (Lipinski definition) is 3. The molecule has 1 aromatic carbocycles. The molecule has 0 saturated heterocycles. The average molecular weight is 295 g/mol. The fraction of sp³-hybridized carbons (Fsp3) is 0.167. The van der Waals surface area contributed by atoms with E-state index in [2.05, 4.69) is 26.2 Å². The predicted molar refractivity (Wildman–Crippen MR) is 66.7 cm³/mol. The molecule has 2 aromatic rings. The largest absolute Gasteiger partial charge is 0.451 e. The molecule has 1 N–H and O–H groups in total. The molecule has 0 radical (unpaired) electrons. The van der Waals surface area contributed by atoms with Crippen molar-refractivity contribution < 1.29 is 9.21 Å². The third kappa shape index (κ3) is 3.42. The summed E-state index contributed by atoms with van der Waals surface area (Å²) >= 11 is 3.33. The van der Waals surface area contributed by atoms with Crippen molar-refractivity contribution in [2.75, 3.05) is 6.54 Å². The van der Waals surface area contributed by atoms with Crippen LogP contribution in [-0.2, 0) is 6.42 Å². The maximum atomic E-state index is 11.7. The Morgan fingerprint density at radius 2 is 2.35 bits per heavy atom. The second-order valence-corrected chi connectivity index (χ2v) is 4.41. The standard InChI is InChI=1S/C12H11BrN2O2/c13-10-3-1-2-9(6-10)12(16)14-5-4-11-7-17-8-15-11/h1-3,6-8H,4-5H2,(H,14,16). The van der Waals surface area contributed by atoms with E-state index in [-0.39, 0.29) is 5.91 Å². The Bertz CT molecular complexity index is 497. The molecule has 5 heteroatoms. The van der Waals surface area contributed by atoms with Crippen molar-refractivity contribution in [1.29, 1.82) is 0 Å². The highest BCUT2D eigenvalue weighted by Gasteiger charge is 2.05. The van der Waals surface area contributed by atoms with Crippen LogP contribution in [0.4, 0.5) is 0 Å². The van der Waals surface area contributed by atoms with E-state index in [0.29, 0.717) is 18.5 Å². The highest BCUT2D eigenvalue weighted by Crippen LogP contribution is 2.11. The second kappa shape index (κ2) is 5.63. The fourth-order valence-corrected chi connectivity index (χ4v) is 1.80. The molecule has 1 amide bonds. The van der Waals surface area contributed by atoms with E-state index in [0.717, 1.165) is 10.2 Å². The molecule has 0 atom stereocenters. The van der Waals surface area contributed by atoms with Crippen molar-refractivity contribution in [1.82, 2.24) is 10.3 Å². The van der Waals surface area contributed by atoms with Crippen LogP contribution in [0.1, 0.15) is 16.1 Å². The van der Waals surface area contributed by atoms with Gasteiger partial charge < -0.3 is 9.73 Å². The van der Waals surface area contributed by atoms with Gasteiger partial charge in [-0.1, -0.05) is 22.0 Å². The molecule has 1 heterocycles. The molecular weight excluding hydrogens is 284 g/mol. The maximum Gasteiger partial charge on any atom is 0.251 e. The Labute approximate surface area is 107 Å². The minimum atomic E-state index is -0.0882. The van der Waals surface area contributed by atoms with E-state index in [4.69, 9.17) is 4.42 Å². The number of benzene rings is 1. The van der Waals surface area contributed by atoms with Crippen molar-refractivity contribution in [3.63, 3.8) is 0 Å². The van der Waals surface area contributed by atoms with E-state index >= 15 is 0 Å². The lowest BCUT2D eigenvalue weighted by atomic mass is 10.2. The van der Waals surface area contributed by atoms with E-state index in [1.165, 1.54) is 6.39 Å². The minimum absolute atomic E-state index is 0.0882. The first-order valence-corrected chi connectivity index (χ1v) is 5.96. The van der Waals surface area contributed by atoms with Crippen LogP contribution in [0.2, 0.25) is 0 Å². The third-order valence-electron chi connectivity index (χ3n) is 2.24. The molecule has 0 aliphatic carbocycles. The smallest absolute Gasteiger partial charge is 0.251 e. The summed E-state index contributed by atoms with van der Waals surface area (Å²) in [6, 6.07) is 7.27. The Morgan fingerprint density at radius 1 is 1.47 bits per heavy atom. The maximum absolute atomic E-state index is 11.7. The lowest BCUT2D eigenvalue weighted by Crippen LogP contribution is -2.25. The summed E-state index contributed by atoms with van der Waals surface area (Å²) in [7, 11) is 0. The van der Waals surface area contributed by atoms with Crippen LogP contribution in [0.25, 0.3) is 0 Å². The Morgan fingerprint density at radius 3 is 3.06 bits per heavy atom. The normalized spacial score (nSPS) is 10.2. The number of amides is 1. The summed E-state index contributed by atoms with van der Waals surface area (Å²) in [6.45, 7) is 0.540. The molecule has 4 nitrogen and oxygen atoms in total. The monoisotopic (exact) mass is 294 g/mol. The molecule has 2 rings (SSSR count).